The molecule has 2 aromatic carbocycles. The molecule has 0 spiro atoms. The van der Waals surface area contributed by atoms with E-state index in [4.69, 9.17) is 10.5 Å². The lowest BCUT2D eigenvalue weighted by Crippen LogP contribution is -2.14. The number of nitrogens with two attached hydrogens (primary N) is 1. The van der Waals surface area contributed by atoms with Crippen LogP contribution in [-0.4, -0.2) is 7.11 Å². The molecule has 0 aliphatic carbocycles. The van der Waals surface area contributed by atoms with Gasteiger partial charge in [-0.1, -0.05) is 18.2 Å². The Morgan fingerprint density at radius 1 is 1.20 bits per heavy atom. The summed E-state index contributed by atoms with van der Waals surface area (Å²) in [4.78, 5) is 0. The standard InChI is InChI=1S/C15H14BrF2NO/c1-20-14-6-5-9(7-12(14)18)8-13(19)10-3-2-4-11(17)15(10)16/h2-7,13H,8,19H2,1H3. The smallest absolute Gasteiger partial charge is 0.165 e. The molecule has 20 heavy (non-hydrogen) atoms. The number of hydrogen-bond acceptors (Lipinski definition) is 2. The van der Waals surface area contributed by atoms with Gasteiger partial charge >= 0.3 is 0 Å². The molecule has 0 bridgehead atoms. The third kappa shape index (κ3) is 3.16. The van der Waals surface area contributed by atoms with E-state index in [0.29, 0.717) is 16.5 Å². The van der Waals surface area contributed by atoms with Crippen molar-refractivity contribution in [2.45, 2.75) is 12.5 Å². The summed E-state index contributed by atoms with van der Waals surface area (Å²) >= 11 is 3.18. The zero-order valence-electron chi connectivity index (χ0n) is 10.9. The van der Waals surface area contributed by atoms with Gasteiger partial charge in [0.05, 0.1) is 11.6 Å². The molecule has 106 valence electrons. The minimum atomic E-state index is -0.435. The van der Waals surface area contributed by atoms with E-state index in [1.165, 1.54) is 19.2 Å². The Kier molecular flexibility index (Phi) is 4.73. The molecule has 0 aliphatic heterocycles. The van der Waals surface area contributed by atoms with Crippen LogP contribution < -0.4 is 10.5 Å². The van der Waals surface area contributed by atoms with Gasteiger partial charge in [0.15, 0.2) is 11.6 Å². The molecule has 0 saturated heterocycles. The van der Waals surface area contributed by atoms with Crippen molar-refractivity contribution in [1.82, 2.24) is 0 Å². The highest BCUT2D eigenvalue weighted by molar-refractivity contribution is 9.10. The van der Waals surface area contributed by atoms with Crippen LogP contribution in [0, 0.1) is 11.6 Å². The van der Waals surface area contributed by atoms with Crippen molar-refractivity contribution >= 4 is 15.9 Å². The van der Waals surface area contributed by atoms with Gasteiger partial charge in [-0.25, -0.2) is 8.78 Å². The molecular weight excluding hydrogens is 328 g/mol. The quantitative estimate of drug-likeness (QED) is 0.912. The van der Waals surface area contributed by atoms with E-state index < -0.39 is 11.9 Å². The van der Waals surface area contributed by atoms with Gasteiger partial charge in [0.25, 0.3) is 0 Å². The van der Waals surface area contributed by atoms with E-state index in [-0.39, 0.29) is 11.6 Å². The molecule has 0 heterocycles. The minimum absolute atomic E-state index is 0.189. The lowest BCUT2D eigenvalue weighted by atomic mass is 9.99. The third-order valence-corrected chi connectivity index (χ3v) is 3.89. The van der Waals surface area contributed by atoms with Crippen molar-refractivity contribution in [3.63, 3.8) is 0 Å². The molecule has 0 saturated carbocycles. The predicted molar refractivity (Wildman–Crippen MR) is 77.7 cm³/mol. The van der Waals surface area contributed by atoms with Crippen molar-refractivity contribution in [3.8, 4) is 5.75 Å². The van der Waals surface area contributed by atoms with Crippen molar-refractivity contribution in [1.29, 1.82) is 0 Å². The zero-order valence-corrected chi connectivity index (χ0v) is 12.5. The highest BCUT2D eigenvalue weighted by Crippen LogP contribution is 2.28. The van der Waals surface area contributed by atoms with Gasteiger partial charge in [0.1, 0.15) is 5.82 Å². The van der Waals surface area contributed by atoms with E-state index in [1.54, 1.807) is 24.3 Å². The van der Waals surface area contributed by atoms with Crippen LogP contribution in [0.2, 0.25) is 0 Å². The van der Waals surface area contributed by atoms with Crippen molar-refractivity contribution < 1.29 is 13.5 Å². The van der Waals surface area contributed by atoms with Crippen LogP contribution in [-0.2, 0) is 6.42 Å². The van der Waals surface area contributed by atoms with Crippen LogP contribution in [0.4, 0.5) is 8.78 Å². The Morgan fingerprint density at radius 2 is 1.95 bits per heavy atom. The van der Waals surface area contributed by atoms with Crippen molar-refractivity contribution in [3.05, 3.63) is 63.6 Å². The number of halogens is 3. The second-order valence-electron chi connectivity index (χ2n) is 4.42. The molecule has 0 aromatic heterocycles. The normalized spacial score (nSPS) is 12.2. The molecule has 2 rings (SSSR count). The van der Waals surface area contributed by atoms with Crippen LogP contribution in [0.15, 0.2) is 40.9 Å². The molecule has 5 heteroatoms. The third-order valence-electron chi connectivity index (χ3n) is 3.05. The maximum absolute atomic E-state index is 13.6. The van der Waals surface area contributed by atoms with E-state index in [0.717, 1.165) is 5.56 Å². The number of benzene rings is 2. The minimum Gasteiger partial charge on any atom is -0.494 e. The molecule has 1 unspecified atom stereocenters. The van der Waals surface area contributed by atoms with Gasteiger partial charge in [-0.2, -0.15) is 0 Å². The fourth-order valence-electron chi connectivity index (χ4n) is 2.01. The number of ether oxygens (including phenoxy) is 1. The zero-order chi connectivity index (χ0) is 14.7. The Bertz CT molecular complexity index is 619. The lowest BCUT2D eigenvalue weighted by molar-refractivity contribution is 0.386. The molecule has 2 N–H and O–H groups in total. The monoisotopic (exact) mass is 341 g/mol. The first-order valence-corrected chi connectivity index (χ1v) is 6.84. The Hall–Kier alpha value is -1.46. The van der Waals surface area contributed by atoms with Gasteiger partial charge in [0, 0.05) is 6.04 Å². The van der Waals surface area contributed by atoms with Crippen LogP contribution in [0.1, 0.15) is 17.2 Å². The maximum atomic E-state index is 13.6. The van der Waals surface area contributed by atoms with Crippen LogP contribution in [0.5, 0.6) is 5.75 Å². The van der Waals surface area contributed by atoms with Crippen LogP contribution in [0.25, 0.3) is 0 Å². The molecule has 2 aromatic rings. The highest BCUT2D eigenvalue weighted by atomic mass is 79.9. The Labute approximate surface area is 124 Å². The summed E-state index contributed by atoms with van der Waals surface area (Å²) in [6.45, 7) is 0. The average Bonchev–Trinajstić information content (AvgIpc) is 2.42. The first kappa shape index (κ1) is 14.9. The first-order chi connectivity index (χ1) is 9.52. The summed E-state index contributed by atoms with van der Waals surface area (Å²) in [6.07, 6.45) is 0.406. The number of rotatable bonds is 4. The Balaban J connectivity index is 2.21. The SMILES string of the molecule is COc1ccc(CC(N)c2cccc(F)c2Br)cc1F. The molecule has 1 atom stereocenters. The fraction of sp³-hybridized carbons (Fsp3) is 0.200. The van der Waals surface area contributed by atoms with Gasteiger partial charge in [-0.05, 0) is 51.7 Å². The summed E-state index contributed by atoms with van der Waals surface area (Å²) in [6, 6.07) is 8.96. The molecule has 2 nitrogen and oxygen atoms in total. The summed E-state index contributed by atoms with van der Waals surface area (Å²) in [5.74, 6) is -0.608. The van der Waals surface area contributed by atoms with Crippen LogP contribution >= 0.6 is 15.9 Å². The second kappa shape index (κ2) is 6.33. The van der Waals surface area contributed by atoms with Gasteiger partial charge in [-0.3, -0.25) is 0 Å². The molecular formula is C15H14BrF2NO. The lowest BCUT2D eigenvalue weighted by Gasteiger charge is -2.15. The largest absolute Gasteiger partial charge is 0.494 e. The topological polar surface area (TPSA) is 35.2 Å². The summed E-state index contributed by atoms with van der Waals surface area (Å²) in [5.41, 5.74) is 7.45. The summed E-state index contributed by atoms with van der Waals surface area (Å²) in [5, 5.41) is 0. The van der Waals surface area contributed by atoms with Gasteiger partial charge in [-0.15, -0.1) is 0 Å². The number of hydrogen-bond donors (Lipinski definition) is 1. The fourth-order valence-corrected chi connectivity index (χ4v) is 2.57. The predicted octanol–water partition coefficient (Wildman–Crippen LogP) is 3.98. The second-order valence-corrected chi connectivity index (χ2v) is 5.22. The van der Waals surface area contributed by atoms with Crippen molar-refractivity contribution in [2.24, 2.45) is 5.73 Å². The maximum Gasteiger partial charge on any atom is 0.165 e. The average molecular weight is 342 g/mol. The van der Waals surface area contributed by atoms with Gasteiger partial charge in [0.2, 0.25) is 0 Å². The molecule has 0 fully saturated rings. The summed E-state index contributed by atoms with van der Waals surface area (Å²) < 4.78 is 32.3. The highest BCUT2D eigenvalue weighted by Gasteiger charge is 2.14. The molecule has 0 amide bonds. The van der Waals surface area contributed by atoms with Crippen molar-refractivity contribution in [2.75, 3.05) is 7.11 Å². The van der Waals surface area contributed by atoms with Crippen LogP contribution in [0.3, 0.4) is 0 Å². The summed E-state index contributed by atoms with van der Waals surface area (Å²) in [7, 11) is 1.41. The molecule has 0 aliphatic rings. The molecule has 0 radical (unpaired) electrons. The van der Waals surface area contributed by atoms with E-state index >= 15 is 0 Å². The Morgan fingerprint density at radius 3 is 2.60 bits per heavy atom. The van der Waals surface area contributed by atoms with E-state index in [9.17, 15) is 8.78 Å². The number of methoxy groups -OCH3 is 1. The van der Waals surface area contributed by atoms with E-state index in [2.05, 4.69) is 15.9 Å². The van der Waals surface area contributed by atoms with E-state index in [1.807, 2.05) is 0 Å². The van der Waals surface area contributed by atoms with Gasteiger partial charge < -0.3 is 10.5 Å². The first-order valence-electron chi connectivity index (χ1n) is 6.05.